The minimum absolute atomic E-state index is 0.0229. The minimum atomic E-state index is -0.432. The molecule has 4 aromatic rings. The predicted octanol–water partition coefficient (Wildman–Crippen LogP) is 3.49. The molecule has 176 valence electrons. The summed E-state index contributed by atoms with van der Waals surface area (Å²) in [5, 5.41) is 4.27. The van der Waals surface area contributed by atoms with Gasteiger partial charge in [0.15, 0.2) is 0 Å². The number of hydrogen-bond acceptors (Lipinski definition) is 4. The lowest BCUT2D eigenvalue weighted by Crippen LogP contribution is -2.42. The molecule has 6 rings (SSSR count). The van der Waals surface area contributed by atoms with Gasteiger partial charge in [0.25, 0.3) is 11.8 Å². The van der Waals surface area contributed by atoms with Crippen molar-refractivity contribution in [1.29, 1.82) is 0 Å². The summed E-state index contributed by atoms with van der Waals surface area (Å²) in [6.45, 7) is 1.75. The fraction of sp³-hybridized carbons (Fsp3) is 0.222. The number of fused-ring (bicyclic) bond motifs is 1. The quantitative estimate of drug-likeness (QED) is 0.456. The van der Waals surface area contributed by atoms with Crippen LogP contribution in [-0.2, 0) is 22.6 Å². The monoisotopic (exact) mass is 468 g/mol. The first-order valence-electron chi connectivity index (χ1n) is 11.6. The van der Waals surface area contributed by atoms with Gasteiger partial charge in [-0.1, -0.05) is 36.4 Å². The first-order chi connectivity index (χ1) is 16.9. The Morgan fingerprint density at radius 3 is 2.51 bits per heavy atom. The van der Waals surface area contributed by atoms with Crippen molar-refractivity contribution in [3.8, 4) is 0 Å². The van der Waals surface area contributed by atoms with Gasteiger partial charge < -0.3 is 18.8 Å². The van der Waals surface area contributed by atoms with Crippen LogP contribution in [0.4, 0.5) is 4.79 Å². The zero-order valence-corrected chi connectivity index (χ0v) is 19.5. The van der Waals surface area contributed by atoms with E-state index >= 15 is 0 Å². The van der Waals surface area contributed by atoms with E-state index in [4.69, 9.17) is 4.42 Å². The van der Waals surface area contributed by atoms with Gasteiger partial charge in [-0.2, -0.15) is 0 Å². The van der Waals surface area contributed by atoms with Gasteiger partial charge in [-0.3, -0.25) is 14.9 Å². The third-order valence-electron chi connectivity index (χ3n) is 6.85. The van der Waals surface area contributed by atoms with Gasteiger partial charge in [0.2, 0.25) is 0 Å². The average Bonchev–Trinajstić information content (AvgIpc) is 3.52. The number of nitrogens with one attached hydrogen (secondary N) is 1. The SMILES string of the molecule is CN(C)C(=O)N1CCc2cccc3c(C4=C(c5cccc6ccoc56)C(=O)NC4=O)cn(c23)CC1. The van der Waals surface area contributed by atoms with Gasteiger partial charge >= 0.3 is 6.03 Å². The van der Waals surface area contributed by atoms with E-state index in [-0.39, 0.29) is 6.03 Å². The lowest BCUT2D eigenvalue weighted by atomic mass is 9.94. The van der Waals surface area contributed by atoms with Crippen molar-refractivity contribution in [3.05, 3.63) is 71.6 Å². The van der Waals surface area contributed by atoms with E-state index in [0.29, 0.717) is 53.9 Å². The molecule has 2 aromatic carbocycles. The van der Waals surface area contributed by atoms with Crippen LogP contribution in [0.25, 0.3) is 33.0 Å². The largest absolute Gasteiger partial charge is 0.464 e. The van der Waals surface area contributed by atoms with Crippen molar-refractivity contribution >= 4 is 50.9 Å². The van der Waals surface area contributed by atoms with Crippen LogP contribution in [-0.4, -0.2) is 59.4 Å². The highest BCUT2D eigenvalue weighted by Crippen LogP contribution is 2.39. The number of benzene rings is 2. The summed E-state index contributed by atoms with van der Waals surface area (Å²) in [6, 6.07) is 13.4. The summed E-state index contributed by atoms with van der Waals surface area (Å²) < 4.78 is 7.79. The first-order valence-corrected chi connectivity index (χ1v) is 11.6. The highest BCUT2D eigenvalue weighted by molar-refractivity contribution is 6.50. The molecule has 2 aliphatic rings. The molecular weight excluding hydrogens is 444 g/mol. The smallest absolute Gasteiger partial charge is 0.319 e. The summed E-state index contributed by atoms with van der Waals surface area (Å²) in [7, 11) is 3.51. The number of amides is 4. The second kappa shape index (κ2) is 7.87. The van der Waals surface area contributed by atoms with Crippen LogP contribution in [0.1, 0.15) is 16.7 Å². The summed E-state index contributed by atoms with van der Waals surface area (Å²) in [5.74, 6) is -0.852. The molecule has 0 spiro atoms. The van der Waals surface area contributed by atoms with Crippen LogP contribution in [0.3, 0.4) is 0 Å². The Morgan fingerprint density at radius 2 is 1.71 bits per heavy atom. The molecule has 4 heterocycles. The van der Waals surface area contributed by atoms with Crippen molar-refractivity contribution in [2.75, 3.05) is 27.2 Å². The van der Waals surface area contributed by atoms with Crippen molar-refractivity contribution in [2.45, 2.75) is 13.0 Å². The zero-order valence-electron chi connectivity index (χ0n) is 19.5. The highest BCUT2D eigenvalue weighted by atomic mass is 16.3. The van der Waals surface area contributed by atoms with E-state index in [1.165, 1.54) is 0 Å². The Balaban J connectivity index is 1.55. The van der Waals surface area contributed by atoms with E-state index < -0.39 is 11.8 Å². The van der Waals surface area contributed by atoms with E-state index in [2.05, 4.69) is 16.0 Å². The minimum Gasteiger partial charge on any atom is -0.464 e. The molecule has 0 fully saturated rings. The molecule has 8 heteroatoms. The molecule has 1 N–H and O–H groups in total. The van der Waals surface area contributed by atoms with Crippen LogP contribution in [0.5, 0.6) is 0 Å². The van der Waals surface area contributed by atoms with Crippen molar-refractivity contribution in [1.82, 2.24) is 19.7 Å². The van der Waals surface area contributed by atoms with Crippen molar-refractivity contribution < 1.29 is 18.8 Å². The Kier molecular flexibility index (Phi) is 4.77. The lowest BCUT2D eigenvalue weighted by molar-refractivity contribution is -0.122. The average molecular weight is 469 g/mol. The van der Waals surface area contributed by atoms with Gasteiger partial charge in [0.05, 0.1) is 22.9 Å². The van der Waals surface area contributed by atoms with E-state index in [1.807, 2.05) is 47.5 Å². The number of urea groups is 1. The Bertz CT molecular complexity index is 1570. The number of aromatic nitrogens is 1. The molecule has 0 unspecified atom stereocenters. The molecule has 0 saturated carbocycles. The standard InChI is InChI=1S/C27H24N4O4/c1-29(2)27(34)30-11-9-16-5-3-7-18-20(15-31(13-12-30)23(16)18)22-21(25(32)28-26(22)33)19-8-4-6-17-10-14-35-24(17)19/h3-8,10,14-15H,9,11-13H2,1-2H3,(H,28,32,33). The summed E-state index contributed by atoms with van der Waals surface area (Å²) in [5.41, 5.74) is 4.68. The Hall–Kier alpha value is -4.33. The maximum Gasteiger partial charge on any atom is 0.319 e. The number of carbonyl (C=O) groups excluding carboxylic acids is 3. The van der Waals surface area contributed by atoms with Crippen LogP contribution in [0.15, 0.2) is 59.3 Å². The first kappa shape index (κ1) is 21.2. The summed E-state index contributed by atoms with van der Waals surface area (Å²) in [4.78, 5) is 42.2. The van der Waals surface area contributed by atoms with E-state index in [9.17, 15) is 14.4 Å². The molecule has 0 aliphatic carbocycles. The fourth-order valence-electron chi connectivity index (χ4n) is 5.24. The highest BCUT2D eigenvalue weighted by Gasteiger charge is 2.35. The second-order valence-corrected chi connectivity index (χ2v) is 9.14. The molecule has 0 radical (unpaired) electrons. The Labute approximate surface area is 201 Å². The number of imide groups is 1. The van der Waals surface area contributed by atoms with Gasteiger partial charge in [0, 0.05) is 61.8 Å². The number of para-hydroxylation sites is 2. The van der Waals surface area contributed by atoms with Crippen molar-refractivity contribution in [2.24, 2.45) is 0 Å². The molecule has 0 atom stereocenters. The van der Waals surface area contributed by atoms with Gasteiger partial charge in [-0.15, -0.1) is 0 Å². The molecule has 2 aromatic heterocycles. The van der Waals surface area contributed by atoms with Crippen LogP contribution in [0.2, 0.25) is 0 Å². The normalized spacial score (nSPS) is 16.1. The van der Waals surface area contributed by atoms with Crippen molar-refractivity contribution in [3.63, 3.8) is 0 Å². The van der Waals surface area contributed by atoms with E-state index in [0.717, 1.165) is 21.9 Å². The van der Waals surface area contributed by atoms with E-state index in [1.54, 1.807) is 25.3 Å². The molecule has 0 bridgehead atoms. The zero-order chi connectivity index (χ0) is 24.3. The fourth-order valence-corrected chi connectivity index (χ4v) is 5.24. The van der Waals surface area contributed by atoms with Crippen LogP contribution >= 0.6 is 0 Å². The van der Waals surface area contributed by atoms with Crippen LogP contribution < -0.4 is 5.32 Å². The third-order valence-corrected chi connectivity index (χ3v) is 6.85. The molecule has 4 amide bonds. The molecule has 2 aliphatic heterocycles. The Morgan fingerprint density at radius 1 is 0.943 bits per heavy atom. The molecular formula is C27H24N4O4. The maximum absolute atomic E-state index is 13.1. The topological polar surface area (TPSA) is 87.8 Å². The molecule has 35 heavy (non-hydrogen) atoms. The predicted molar refractivity (Wildman–Crippen MR) is 132 cm³/mol. The lowest BCUT2D eigenvalue weighted by Gasteiger charge is -2.28. The van der Waals surface area contributed by atoms with Gasteiger partial charge in [0.1, 0.15) is 5.58 Å². The maximum atomic E-state index is 13.1. The number of nitrogens with zero attached hydrogens (tertiary/aromatic N) is 3. The summed E-state index contributed by atoms with van der Waals surface area (Å²) in [6.07, 6.45) is 4.22. The van der Waals surface area contributed by atoms with Gasteiger partial charge in [-0.05, 0) is 18.1 Å². The number of furan rings is 1. The van der Waals surface area contributed by atoms with Gasteiger partial charge in [-0.25, -0.2) is 4.79 Å². The third kappa shape index (κ3) is 3.24. The summed E-state index contributed by atoms with van der Waals surface area (Å²) >= 11 is 0. The number of rotatable bonds is 2. The second-order valence-electron chi connectivity index (χ2n) is 9.14. The molecule has 0 saturated heterocycles. The van der Waals surface area contributed by atoms with Crippen LogP contribution in [0, 0.1) is 0 Å². The molecule has 8 nitrogen and oxygen atoms in total. The number of carbonyl (C=O) groups is 3. The number of hydrogen-bond donors (Lipinski definition) is 1.